The lowest BCUT2D eigenvalue weighted by Crippen LogP contribution is -2.01. The molecule has 0 radical (unpaired) electrons. The first kappa shape index (κ1) is 13.5. The molecule has 1 heterocycles. The maximum atomic E-state index is 10.9. The second-order valence-electron chi connectivity index (χ2n) is 5.62. The molecular weight excluding hydrogens is 350 g/mol. The van der Waals surface area contributed by atoms with Crippen LogP contribution in [0.3, 0.4) is 0 Å². The first-order valence-electron chi connectivity index (χ1n) is 7.13. The molecule has 6 heteroatoms. The minimum atomic E-state index is 0.593. The molecule has 108 valence electrons. The van der Waals surface area contributed by atoms with Crippen molar-refractivity contribution >= 4 is 34.0 Å². The summed E-state index contributed by atoms with van der Waals surface area (Å²) in [5, 5.41) is 9.79. The van der Waals surface area contributed by atoms with Gasteiger partial charge in [-0.2, -0.15) is 0 Å². The normalized spacial score (nSPS) is 18.0. The molecule has 2 aromatic rings. The van der Waals surface area contributed by atoms with Crippen LogP contribution in [-0.2, 0) is 0 Å². The van der Waals surface area contributed by atoms with Crippen LogP contribution in [0.5, 0.6) is 0 Å². The number of carbonyl (C=O) groups excluding carboxylic acids is 1. The molecule has 0 amide bonds. The minimum Gasteiger partial charge on any atom is -0.302 e. The van der Waals surface area contributed by atoms with Crippen LogP contribution in [-0.4, -0.2) is 21.1 Å². The molecule has 0 unspecified atom stereocenters. The zero-order valence-corrected chi connectivity index (χ0v) is 13.7. The zero-order valence-electron chi connectivity index (χ0n) is 11.3. The fourth-order valence-corrected chi connectivity index (χ4v) is 4.00. The second-order valence-corrected chi connectivity index (χ2v) is 7.51. The number of aromatic nitrogens is 3. The van der Waals surface area contributed by atoms with Crippen molar-refractivity contribution in [1.29, 1.82) is 0 Å². The van der Waals surface area contributed by atoms with Crippen molar-refractivity contribution in [3.8, 4) is 0 Å². The average Bonchev–Trinajstić information content (AvgIpc) is 3.39. The van der Waals surface area contributed by atoms with E-state index in [0.717, 1.165) is 20.8 Å². The van der Waals surface area contributed by atoms with Gasteiger partial charge in [-0.05, 0) is 55.6 Å². The molecule has 0 N–H and O–H groups in total. The summed E-state index contributed by atoms with van der Waals surface area (Å²) in [5.74, 6) is 1.79. The molecule has 0 saturated heterocycles. The highest BCUT2D eigenvalue weighted by molar-refractivity contribution is 9.10. The third kappa shape index (κ3) is 2.66. The molecule has 4 nitrogen and oxygen atoms in total. The van der Waals surface area contributed by atoms with Crippen LogP contribution in [0.15, 0.2) is 32.7 Å². The van der Waals surface area contributed by atoms with Gasteiger partial charge >= 0.3 is 0 Å². The SMILES string of the molecule is O=Cc1ccc(Sc2nnc(C3CC3)n2C2CC2)cc1Br. The lowest BCUT2D eigenvalue weighted by atomic mass is 10.2. The van der Waals surface area contributed by atoms with E-state index >= 15 is 0 Å². The Morgan fingerprint density at radius 3 is 2.67 bits per heavy atom. The Balaban J connectivity index is 1.65. The van der Waals surface area contributed by atoms with E-state index in [0.29, 0.717) is 17.5 Å². The Kier molecular flexibility index (Phi) is 3.38. The van der Waals surface area contributed by atoms with Gasteiger partial charge in [-0.3, -0.25) is 4.79 Å². The highest BCUT2D eigenvalue weighted by Gasteiger charge is 2.36. The van der Waals surface area contributed by atoms with Crippen molar-refractivity contribution in [1.82, 2.24) is 14.8 Å². The molecule has 2 aliphatic carbocycles. The quantitative estimate of drug-likeness (QED) is 0.746. The predicted molar refractivity (Wildman–Crippen MR) is 83.9 cm³/mol. The number of carbonyl (C=O) groups is 1. The number of benzene rings is 1. The molecule has 2 fully saturated rings. The van der Waals surface area contributed by atoms with Crippen LogP contribution in [0.4, 0.5) is 0 Å². The van der Waals surface area contributed by atoms with Crippen molar-refractivity contribution < 1.29 is 4.79 Å². The highest BCUT2D eigenvalue weighted by Crippen LogP contribution is 2.46. The van der Waals surface area contributed by atoms with Gasteiger partial charge in [-0.25, -0.2) is 0 Å². The molecule has 21 heavy (non-hydrogen) atoms. The van der Waals surface area contributed by atoms with Gasteiger partial charge in [0.15, 0.2) is 11.4 Å². The summed E-state index contributed by atoms with van der Waals surface area (Å²) in [6.45, 7) is 0. The first-order chi connectivity index (χ1) is 10.3. The lowest BCUT2D eigenvalue weighted by molar-refractivity contribution is 0.112. The van der Waals surface area contributed by atoms with Crippen LogP contribution in [0.2, 0.25) is 0 Å². The van der Waals surface area contributed by atoms with Gasteiger partial charge in [0.2, 0.25) is 0 Å². The summed E-state index contributed by atoms with van der Waals surface area (Å²) in [5.41, 5.74) is 0.668. The fourth-order valence-electron chi connectivity index (χ4n) is 2.43. The first-order valence-corrected chi connectivity index (χ1v) is 8.74. The van der Waals surface area contributed by atoms with Crippen LogP contribution in [0.25, 0.3) is 0 Å². The monoisotopic (exact) mass is 363 g/mol. The Hall–Kier alpha value is -1.14. The number of hydrogen-bond acceptors (Lipinski definition) is 4. The van der Waals surface area contributed by atoms with Crippen molar-refractivity contribution in [2.45, 2.75) is 47.7 Å². The second kappa shape index (κ2) is 5.25. The van der Waals surface area contributed by atoms with E-state index in [9.17, 15) is 4.79 Å². The Bertz CT molecular complexity index is 707. The van der Waals surface area contributed by atoms with Crippen LogP contribution in [0, 0.1) is 0 Å². The van der Waals surface area contributed by atoms with Crippen molar-refractivity contribution in [3.63, 3.8) is 0 Å². The van der Waals surface area contributed by atoms with Gasteiger partial charge in [-0.1, -0.05) is 15.9 Å². The standard InChI is InChI=1S/C15H14BrN3OS/c16-13-7-12(6-3-10(13)8-20)21-15-18-17-14(9-1-2-9)19(15)11-4-5-11/h3,6-9,11H,1-2,4-5H2. The predicted octanol–water partition coefficient (Wildman–Crippen LogP) is 4.22. The number of rotatable bonds is 5. The molecule has 2 saturated carbocycles. The fraction of sp³-hybridized carbons (Fsp3) is 0.400. The van der Waals surface area contributed by atoms with E-state index in [-0.39, 0.29) is 0 Å². The van der Waals surface area contributed by atoms with Crippen LogP contribution < -0.4 is 0 Å². The summed E-state index contributed by atoms with van der Waals surface area (Å²) < 4.78 is 3.16. The van der Waals surface area contributed by atoms with Crippen LogP contribution in [0.1, 0.15) is 53.8 Å². The van der Waals surface area contributed by atoms with E-state index in [2.05, 4.69) is 30.7 Å². The summed E-state index contributed by atoms with van der Waals surface area (Å²) in [6, 6.07) is 6.36. The smallest absolute Gasteiger partial charge is 0.196 e. The molecule has 4 rings (SSSR count). The summed E-state index contributed by atoms with van der Waals surface area (Å²) in [6.07, 6.45) is 5.82. The van der Waals surface area contributed by atoms with Gasteiger partial charge in [0, 0.05) is 26.9 Å². The Morgan fingerprint density at radius 1 is 1.24 bits per heavy atom. The minimum absolute atomic E-state index is 0.593. The van der Waals surface area contributed by atoms with Gasteiger partial charge < -0.3 is 4.57 Å². The topological polar surface area (TPSA) is 47.8 Å². The van der Waals surface area contributed by atoms with Crippen molar-refractivity contribution in [2.24, 2.45) is 0 Å². The van der Waals surface area contributed by atoms with Gasteiger partial charge in [0.1, 0.15) is 5.82 Å². The Labute approximate surface area is 135 Å². The van der Waals surface area contributed by atoms with Crippen molar-refractivity contribution in [3.05, 3.63) is 34.1 Å². The molecule has 0 atom stereocenters. The molecule has 1 aromatic heterocycles. The number of hydrogen-bond donors (Lipinski definition) is 0. The highest BCUT2D eigenvalue weighted by atomic mass is 79.9. The van der Waals surface area contributed by atoms with E-state index in [1.807, 2.05) is 18.2 Å². The molecule has 0 bridgehead atoms. The number of halogens is 1. The van der Waals surface area contributed by atoms with E-state index in [4.69, 9.17) is 0 Å². The van der Waals surface area contributed by atoms with Gasteiger partial charge in [-0.15, -0.1) is 10.2 Å². The molecule has 0 aliphatic heterocycles. The van der Waals surface area contributed by atoms with Gasteiger partial charge in [0.05, 0.1) is 0 Å². The molecular formula is C15H14BrN3OS. The van der Waals surface area contributed by atoms with E-state index in [1.54, 1.807) is 11.8 Å². The molecule has 1 aromatic carbocycles. The molecule has 0 spiro atoms. The summed E-state index contributed by atoms with van der Waals surface area (Å²) in [7, 11) is 0. The van der Waals surface area contributed by atoms with Crippen molar-refractivity contribution in [2.75, 3.05) is 0 Å². The summed E-state index contributed by atoms with van der Waals surface area (Å²) in [4.78, 5) is 11.9. The van der Waals surface area contributed by atoms with E-state index < -0.39 is 0 Å². The zero-order chi connectivity index (χ0) is 14.4. The maximum Gasteiger partial charge on any atom is 0.196 e. The molecule has 2 aliphatic rings. The van der Waals surface area contributed by atoms with Gasteiger partial charge in [0.25, 0.3) is 0 Å². The van der Waals surface area contributed by atoms with Crippen LogP contribution >= 0.6 is 27.7 Å². The average molecular weight is 364 g/mol. The summed E-state index contributed by atoms with van der Waals surface area (Å²) >= 11 is 5.06. The number of nitrogens with zero attached hydrogens (tertiary/aromatic N) is 3. The Morgan fingerprint density at radius 2 is 2.05 bits per heavy atom. The number of aldehydes is 1. The largest absolute Gasteiger partial charge is 0.302 e. The maximum absolute atomic E-state index is 10.9. The third-order valence-electron chi connectivity index (χ3n) is 3.85. The lowest BCUT2D eigenvalue weighted by Gasteiger charge is -2.08. The van der Waals surface area contributed by atoms with E-state index in [1.165, 1.54) is 31.5 Å². The third-order valence-corrected chi connectivity index (χ3v) is 5.49.